The van der Waals surface area contributed by atoms with Crippen molar-refractivity contribution in [1.29, 1.82) is 0 Å². The Morgan fingerprint density at radius 3 is 1.89 bits per heavy atom. The monoisotopic (exact) mass is 270 g/mol. The minimum Gasteiger partial charge on any atom is -0.314 e. The van der Waals surface area contributed by atoms with Crippen LogP contribution >= 0.6 is 0 Å². The SMILES string of the molecule is CCCCN(CCCC)CC(C)(C)C(C)NCCC. The average molecular weight is 271 g/mol. The molecule has 1 N–H and O–H groups in total. The fraction of sp³-hybridized carbons (Fsp3) is 1.00. The molecule has 0 aliphatic heterocycles. The van der Waals surface area contributed by atoms with Gasteiger partial charge in [-0.25, -0.2) is 0 Å². The van der Waals surface area contributed by atoms with Gasteiger partial charge in [0.1, 0.15) is 0 Å². The lowest BCUT2D eigenvalue weighted by molar-refractivity contribution is 0.139. The van der Waals surface area contributed by atoms with E-state index in [2.05, 4.69) is 51.8 Å². The molecule has 0 aromatic heterocycles. The van der Waals surface area contributed by atoms with Crippen LogP contribution in [0.25, 0.3) is 0 Å². The summed E-state index contributed by atoms with van der Waals surface area (Å²) in [7, 11) is 0. The van der Waals surface area contributed by atoms with Gasteiger partial charge in [-0.15, -0.1) is 0 Å². The third kappa shape index (κ3) is 8.65. The summed E-state index contributed by atoms with van der Waals surface area (Å²) >= 11 is 0. The number of unbranched alkanes of at least 4 members (excludes halogenated alkanes) is 2. The normalized spacial score (nSPS) is 14.1. The van der Waals surface area contributed by atoms with Crippen molar-refractivity contribution in [1.82, 2.24) is 10.2 Å². The molecule has 0 aromatic carbocycles. The lowest BCUT2D eigenvalue weighted by Crippen LogP contribution is -2.47. The number of nitrogens with zero attached hydrogens (tertiary/aromatic N) is 1. The highest BCUT2D eigenvalue weighted by atomic mass is 15.1. The number of hydrogen-bond donors (Lipinski definition) is 1. The summed E-state index contributed by atoms with van der Waals surface area (Å²) in [5.41, 5.74) is 0.344. The standard InChI is InChI=1S/C17H38N2/c1-7-10-13-19(14-11-8-2)15-17(5,6)16(4)18-12-9-3/h16,18H,7-15H2,1-6H3. The predicted octanol–water partition coefficient (Wildman–Crippen LogP) is 4.30. The summed E-state index contributed by atoms with van der Waals surface area (Å²) in [6.45, 7) is 18.8. The van der Waals surface area contributed by atoms with Gasteiger partial charge >= 0.3 is 0 Å². The van der Waals surface area contributed by atoms with Crippen molar-refractivity contribution in [3.63, 3.8) is 0 Å². The molecule has 0 aromatic rings. The molecular weight excluding hydrogens is 232 g/mol. The largest absolute Gasteiger partial charge is 0.314 e. The van der Waals surface area contributed by atoms with E-state index in [1.807, 2.05) is 0 Å². The molecule has 0 aliphatic rings. The third-order valence-corrected chi connectivity index (χ3v) is 4.16. The molecule has 0 aliphatic carbocycles. The molecule has 0 saturated heterocycles. The first-order valence-electron chi connectivity index (χ1n) is 8.43. The number of hydrogen-bond acceptors (Lipinski definition) is 2. The molecule has 2 nitrogen and oxygen atoms in total. The summed E-state index contributed by atoms with van der Waals surface area (Å²) in [6.07, 6.45) is 6.47. The van der Waals surface area contributed by atoms with Crippen molar-refractivity contribution in [2.45, 2.75) is 79.7 Å². The molecule has 116 valence electrons. The molecule has 2 heteroatoms. The van der Waals surface area contributed by atoms with Crippen LogP contribution in [0.3, 0.4) is 0 Å². The van der Waals surface area contributed by atoms with Gasteiger partial charge in [0.05, 0.1) is 0 Å². The molecule has 0 bridgehead atoms. The second kappa shape index (κ2) is 10.7. The van der Waals surface area contributed by atoms with Crippen molar-refractivity contribution in [3.05, 3.63) is 0 Å². The topological polar surface area (TPSA) is 15.3 Å². The van der Waals surface area contributed by atoms with E-state index in [0.29, 0.717) is 11.5 Å². The van der Waals surface area contributed by atoms with Gasteiger partial charge in [0.15, 0.2) is 0 Å². The van der Waals surface area contributed by atoms with Crippen molar-refractivity contribution < 1.29 is 0 Å². The Bertz CT molecular complexity index is 193. The highest BCUT2D eigenvalue weighted by Crippen LogP contribution is 2.22. The van der Waals surface area contributed by atoms with Crippen molar-refractivity contribution >= 4 is 0 Å². The zero-order chi connectivity index (χ0) is 14.7. The van der Waals surface area contributed by atoms with E-state index in [0.717, 1.165) is 6.54 Å². The van der Waals surface area contributed by atoms with Crippen LogP contribution in [0.1, 0.15) is 73.6 Å². The Labute approximate surface area is 122 Å². The number of rotatable bonds is 12. The van der Waals surface area contributed by atoms with E-state index in [4.69, 9.17) is 0 Å². The van der Waals surface area contributed by atoms with Crippen LogP contribution in [0.15, 0.2) is 0 Å². The molecule has 19 heavy (non-hydrogen) atoms. The molecule has 0 fully saturated rings. The summed E-state index contributed by atoms with van der Waals surface area (Å²) in [6, 6.07) is 0.582. The lowest BCUT2D eigenvalue weighted by atomic mass is 9.84. The van der Waals surface area contributed by atoms with Crippen molar-refractivity contribution in [2.24, 2.45) is 5.41 Å². The smallest absolute Gasteiger partial charge is 0.0102 e. The highest BCUT2D eigenvalue weighted by Gasteiger charge is 2.27. The Morgan fingerprint density at radius 1 is 0.947 bits per heavy atom. The van der Waals surface area contributed by atoms with Gasteiger partial charge in [-0.2, -0.15) is 0 Å². The van der Waals surface area contributed by atoms with Gasteiger partial charge in [0.2, 0.25) is 0 Å². The summed E-state index contributed by atoms with van der Waals surface area (Å²) < 4.78 is 0. The zero-order valence-corrected chi connectivity index (χ0v) is 14.4. The Balaban J connectivity index is 4.33. The summed E-state index contributed by atoms with van der Waals surface area (Å²) in [5, 5.41) is 3.66. The average Bonchev–Trinajstić information content (AvgIpc) is 2.38. The first-order chi connectivity index (χ1) is 8.97. The van der Waals surface area contributed by atoms with E-state index in [1.54, 1.807) is 0 Å². The van der Waals surface area contributed by atoms with E-state index >= 15 is 0 Å². The minimum absolute atomic E-state index is 0.344. The second-order valence-electron chi connectivity index (χ2n) is 6.65. The van der Waals surface area contributed by atoms with Gasteiger partial charge in [-0.1, -0.05) is 47.5 Å². The van der Waals surface area contributed by atoms with Crippen molar-refractivity contribution in [2.75, 3.05) is 26.2 Å². The quantitative estimate of drug-likeness (QED) is 0.569. The Morgan fingerprint density at radius 2 is 1.47 bits per heavy atom. The predicted molar refractivity (Wildman–Crippen MR) is 87.8 cm³/mol. The molecule has 1 unspecified atom stereocenters. The van der Waals surface area contributed by atoms with E-state index in [-0.39, 0.29) is 0 Å². The van der Waals surface area contributed by atoms with Gasteiger partial charge < -0.3 is 10.2 Å². The van der Waals surface area contributed by atoms with E-state index in [9.17, 15) is 0 Å². The maximum absolute atomic E-state index is 3.66. The van der Waals surface area contributed by atoms with Crippen LogP contribution in [0.4, 0.5) is 0 Å². The minimum atomic E-state index is 0.344. The van der Waals surface area contributed by atoms with Crippen molar-refractivity contribution in [3.8, 4) is 0 Å². The second-order valence-corrected chi connectivity index (χ2v) is 6.65. The first-order valence-corrected chi connectivity index (χ1v) is 8.43. The highest BCUT2D eigenvalue weighted by molar-refractivity contribution is 4.84. The zero-order valence-electron chi connectivity index (χ0n) is 14.4. The van der Waals surface area contributed by atoms with E-state index in [1.165, 1.54) is 51.7 Å². The Kier molecular flexibility index (Phi) is 10.6. The summed E-state index contributed by atoms with van der Waals surface area (Å²) in [5.74, 6) is 0. The molecule has 1 atom stereocenters. The molecule has 0 amide bonds. The van der Waals surface area contributed by atoms with Crippen LogP contribution in [-0.2, 0) is 0 Å². The lowest BCUT2D eigenvalue weighted by Gasteiger charge is -2.38. The molecule has 0 heterocycles. The third-order valence-electron chi connectivity index (χ3n) is 4.16. The summed E-state index contributed by atoms with van der Waals surface area (Å²) in [4.78, 5) is 2.68. The van der Waals surface area contributed by atoms with Crippen LogP contribution in [0.5, 0.6) is 0 Å². The van der Waals surface area contributed by atoms with Crippen LogP contribution in [-0.4, -0.2) is 37.1 Å². The van der Waals surface area contributed by atoms with Gasteiger partial charge in [0.25, 0.3) is 0 Å². The van der Waals surface area contributed by atoms with E-state index < -0.39 is 0 Å². The van der Waals surface area contributed by atoms with Crippen LogP contribution < -0.4 is 5.32 Å². The van der Waals surface area contributed by atoms with Crippen LogP contribution in [0.2, 0.25) is 0 Å². The van der Waals surface area contributed by atoms with Gasteiger partial charge in [-0.05, 0) is 51.2 Å². The Hall–Kier alpha value is -0.0800. The van der Waals surface area contributed by atoms with Crippen LogP contribution in [0, 0.1) is 5.41 Å². The number of nitrogens with one attached hydrogen (secondary N) is 1. The fourth-order valence-electron chi connectivity index (χ4n) is 2.38. The first kappa shape index (κ1) is 18.9. The molecule has 0 spiro atoms. The fourth-order valence-corrected chi connectivity index (χ4v) is 2.38. The van der Waals surface area contributed by atoms with Gasteiger partial charge in [-0.3, -0.25) is 0 Å². The molecule has 0 saturated carbocycles. The molecule has 0 rings (SSSR count). The maximum Gasteiger partial charge on any atom is 0.0102 e. The molecular formula is C17H38N2. The maximum atomic E-state index is 3.66. The molecule has 0 radical (unpaired) electrons. The van der Waals surface area contributed by atoms with Gasteiger partial charge in [0, 0.05) is 12.6 Å².